The maximum absolute atomic E-state index is 3.45. The molecule has 2 aliphatic carbocycles. The summed E-state index contributed by atoms with van der Waals surface area (Å²) in [5, 5.41) is 0. The van der Waals surface area contributed by atoms with Crippen LogP contribution in [0.1, 0.15) is 56.4 Å². The molecule has 0 radical (unpaired) electrons. The van der Waals surface area contributed by atoms with Crippen LogP contribution in [0.15, 0.2) is 48.6 Å². The second-order valence-corrected chi connectivity index (χ2v) is 15.6. The molecule has 0 saturated carbocycles. The molecule has 0 aliphatic heterocycles. The molecular weight excluding hydrogens is 503 g/mol. The number of fused-ring (bicyclic) bond motifs is 3. The fourth-order valence-corrected chi connectivity index (χ4v) is 4.71. The summed E-state index contributed by atoms with van der Waals surface area (Å²) in [6.07, 6.45) is 11.0. The summed E-state index contributed by atoms with van der Waals surface area (Å²) in [5.74, 6) is 0. The zero-order chi connectivity index (χ0) is 20.7. The van der Waals surface area contributed by atoms with Gasteiger partial charge < -0.3 is 24.8 Å². The van der Waals surface area contributed by atoms with Gasteiger partial charge in [0, 0.05) is 0 Å². The molecule has 4 heteroatoms. The van der Waals surface area contributed by atoms with Gasteiger partial charge in [0.1, 0.15) is 0 Å². The van der Waals surface area contributed by atoms with Gasteiger partial charge in [0.15, 0.2) is 0 Å². The van der Waals surface area contributed by atoms with Crippen molar-refractivity contribution in [2.24, 2.45) is 0 Å². The van der Waals surface area contributed by atoms with E-state index in [1.165, 1.54) is 33.4 Å². The van der Waals surface area contributed by atoms with Gasteiger partial charge in [-0.15, -0.1) is 17.5 Å². The van der Waals surface area contributed by atoms with Crippen molar-refractivity contribution in [2.45, 2.75) is 65.5 Å². The Morgan fingerprint density at radius 2 is 1.57 bits per heavy atom. The Labute approximate surface area is 211 Å². The molecular formula is C26H32Cl2SiZr-2. The molecule has 2 aromatic carbocycles. The van der Waals surface area contributed by atoms with Crippen molar-refractivity contribution in [3.05, 3.63) is 83.0 Å². The predicted molar refractivity (Wildman–Crippen MR) is 121 cm³/mol. The summed E-state index contributed by atoms with van der Waals surface area (Å²) in [6.45, 7) is 13.7. The van der Waals surface area contributed by atoms with Gasteiger partial charge in [-0.25, -0.2) is 12.2 Å². The van der Waals surface area contributed by atoms with Crippen LogP contribution in [0, 0.1) is 26.0 Å². The van der Waals surface area contributed by atoms with E-state index < -0.39 is 0 Å². The van der Waals surface area contributed by atoms with Crippen LogP contribution in [0.5, 0.6) is 0 Å². The average Bonchev–Trinajstić information content (AvgIpc) is 3.31. The summed E-state index contributed by atoms with van der Waals surface area (Å²) >= 11 is 1.80. The van der Waals surface area contributed by atoms with Crippen molar-refractivity contribution >= 4 is 5.43 Å². The Balaban J connectivity index is 0.000000479. The standard InChI is InChI=1S/C15H13.C6H14Si.C5H5.2ClH.Zr/c1-10-3-5-14-12(7-10)9-13-8-11(2)4-6-15(13)14;1-5(2)7-6(3)4;1-2-4-5-3-1;;;/h3-7H,9H2,1-2H3;5-6H,1-4H3;1-3H,4H2;2*1H;/q-1;;-1;;;+2/p-2. The van der Waals surface area contributed by atoms with Crippen molar-refractivity contribution in [1.82, 2.24) is 0 Å². The van der Waals surface area contributed by atoms with Crippen molar-refractivity contribution in [3.63, 3.8) is 0 Å². The molecule has 0 heterocycles. The van der Waals surface area contributed by atoms with E-state index in [9.17, 15) is 0 Å². The topological polar surface area (TPSA) is 0 Å². The minimum Gasteiger partial charge on any atom is -1.00 e. The Bertz CT molecular complexity index is 813. The Morgan fingerprint density at radius 1 is 0.933 bits per heavy atom. The maximum Gasteiger partial charge on any atom is -0.0253 e. The van der Waals surface area contributed by atoms with Gasteiger partial charge in [-0.2, -0.15) is 29.8 Å². The first-order valence-electron chi connectivity index (χ1n) is 10.2. The van der Waals surface area contributed by atoms with Crippen LogP contribution in [0.4, 0.5) is 0 Å². The summed E-state index contributed by atoms with van der Waals surface area (Å²) in [6, 6.07) is 14.5. The predicted octanol–water partition coefficient (Wildman–Crippen LogP) is 1.33. The Kier molecular flexibility index (Phi) is 14.4. The summed E-state index contributed by atoms with van der Waals surface area (Å²) in [5.41, 5.74) is 10.2. The molecule has 0 N–H and O–H groups in total. The quantitative estimate of drug-likeness (QED) is 0.344. The molecule has 0 unspecified atom stereocenters. The number of halogens is 2. The Hall–Kier alpha value is -0.400. The molecule has 0 nitrogen and oxygen atoms in total. The second kappa shape index (κ2) is 14.6. The summed E-state index contributed by atoms with van der Waals surface area (Å²) in [4.78, 5) is 0. The van der Waals surface area contributed by atoms with Crippen molar-refractivity contribution < 1.29 is 48.1 Å². The van der Waals surface area contributed by atoms with E-state index in [1.807, 2.05) is 12.2 Å². The van der Waals surface area contributed by atoms with Gasteiger partial charge >= 0.3 is 67.5 Å². The van der Waals surface area contributed by atoms with Crippen LogP contribution in [-0.4, -0.2) is 5.43 Å². The van der Waals surface area contributed by atoms with Crippen LogP contribution in [0.25, 0.3) is 11.1 Å². The molecule has 0 amide bonds. The molecule has 0 atom stereocenters. The minimum absolute atomic E-state index is 0. The Morgan fingerprint density at radius 3 is 2.03 bits per heavy atom. The summed E-state index contributed by atoms with van der Waals surface area (Å²) in [7, 11) is 0. The molecule has 0 saturated heterocycles. The van der Waals surface area contributed by atoms with Crippen LogP contribution >= 0.6 is 0 Å². The molecule has 4 rings (SSSR count). The first-order valence-corrected chi connectivity index (χ1v) is 15.6. The number of aryl methyl sites for hydroxylation is 2. The molecule has 0 bridgehead atoms. The van der Waals surface area contributed by atoms with E-state index in [0.29, 0.717) is 0 Å². The molecule has 0 aromatic heterocycles. The second-order valence-electron chi connectivity index (χ2n) is 8.14. The van der Waals surface area contributed by atoms with Gasteiger partial charge in [0.05, 0.1) is 0 Å². The van der Waals surface area contributed by atoms with E-state index in [-0.39, 0.29) is 30.2 Å². The molecule has 2 aliphatic rings. The van der Waals surface area contributed by atoms with Crippen LogP contribution in [0.2, 0.25) is 11.1 Å². The third kappa shape index (κ3) is 8.99. The SMILES string of the molecule is CC(C)[Si](=[Zr+2])C(C)C.Cc1[c-]c2c(cc1)-c1ccc(C)cc1C2.[C-]1=CC=CC1.[Cl-].[Cl-]. The van der Waals surface area contributed by atoms with E-state index >= 15 is 0 Å². The van der Waals surface area contributed by atoms with E-state index in [1.54, 1.807) is 23.3 Å². The van der Waals surface area contributed by atoms with Gasteiger partial charge in [0.25, 0.3) is 0 Å². The normalized spacial score (nSPS) is 12.1. The molecule has 0 fully saturated rings. The maximum atomic E-state index is 3.45. The number of benzene rings is 2. The molecule has 160 valence electrons. The third-order valence-corrected chi connectivity index (χ3v) is 15.9. The van der Waals surface area contributed by atoms with Crippen molar-refractivity contribution in [1.29, 1.82) is 0 Å². The van der Waals surface area contributed by atoms with E-state index in [4.69, 9.17) is 0 Å². The fourth-order valence-electron chi connectivity index (χ4n) is 3.38. The first kappa shape index (κ1) is 29.6. The van der Waals surface area contributed by atoms with Crippen LogP contribution in [0.3, 0.4) is 0 Å². The zero-order valence-electron chi connectivity index (χ0n) is 18.9. The molecule has 30 heavy (non-hydrogen) atoms. The van der Waals surface area contributed by atoms with E-state index in [2.05, 4.69) is 90.1 Å². The smallest absolute Gasteiger partial charge is 0.0253 e. The number of allylic oxidation sites excluding steroid dienone is 4. The van der Waals surface area contributed by atoms with Crippen LogP contribution in [-0.2, 0) is 29.8 Å². The zero-order valence-corrected chi connectivity index (χ0v) is 23.9. The van der Waals surface area contributed by atoms with Crippen molar-refractivity contribution in [3.8, 4) is 11.1 Å². The first-order chi connectivity index (χ1) is 13.3. The number of rotatable bonds is 2. The minimum atomic E-state index is 0. The number of hydrogen-bond acceptors (Lipinski definition) is 0. The summed E-state index contributed by atoms with van der Waals surface area (Å²) < 4.78 is 0. The van der Waals surface area contributed by atoms with E-state index in [0.717, 1.165) is 23.9 Å². The van der Waals surface area contributed by atoms with Crippen molar-refractivity contribution in [2.75, 3.05) is 0 Å². The van der Waals surface area contributed by atoms with Gasteiger partial charge in [-0.3, -0.25) is 6.08 Å². The largest absolute Gasteiger partial charge is 1.00 e. The van der Waals surface area contributed by atoms with Gasteiger partial charge in [-0.1, -0.05) is 36.2 Å². The van der Waals surface area contributed by atoms with Gasteiger partial charge in [0.2, 0.25) is 0 Å². The van der Waals surface area contributed by atoms with Gasteiger partial charge in [-0.05, 0) is 18.9 Å². The average molecular weight is 535 g/mol. The molecule has 0 spiro atoms. The number of hydrogen-bond donors (Lipinski definition) is 0. The molecule has 2 aromatic rings. The fraction of sp³-hybridized carbons (Fsp3) is 0.385. The van der Waals surface area contributed by atoms with Crippen LogP contribution < -0.4 is 24.8 Å². The monoisotopic (exact) mass is 532 g/mol. The third-order valence-electron chi connectivity index (χ3n) is 4.92.